The Kier molecular flexibility index (Phi) is 2.97. The summed E-state index contributed by atoms with van der Waals surface area (Å²) in [5.74, 6) is 0.543. The van der Waals surface area contributed by atoms with Gasteiger partial charge in [-0.15, -0.1) is 11.3 Å². The minimum Gasteiger partial charge on any atom is -0.507 e. The molecule has 0 radical (unpaired) electrons. The van der Waals surface area contributed by atoms with Gasteiger partial charge in [-0.25, -0.2) is 0 Å². The van der Waals surface area contributed by atoms with E-state index >= 15 is 0 Å². The second-order valence-corrected chi connectivity index (χ2v) is 5.28. The van der Waals surface area contributed by atoms with Gasteiger partial charge in [-0.1, -0.05) is 24.3 Å². The lowest BCUT2D eigenvalue weighted by atomic mass is 10.1. The molecule has 0 aliphatic carbocycles. The monoisotopic (exact) mass is 268 g/mol. The van der Waals surface area contributed by atoms with E-state index in [1.54, 1.807) is 35.6 Å². The first-order valence-corrected chi connectivity index (χ1v) is 6.74. The number of benzene rings is 2. The standard InChI is InChI=1S/C16H12O2S/c17-13-7-3-1-5-11(13)15-9-10-16(19-15)12-6-2-4-8-14(12)18/h1-10,17-18H. The number of aromatic hydroxyl groups is 2. The fourth-order valence-corrected chi connectivity index (χ4v) is 3.07. The van der Waals surface area contributed by atoms with Gasteiger partial charge < -0.3 is 10.2 Å². The molecule has 94 valence electrons. The van der Waals surface area contributed by atoms with Crippen LogP contribution in [0.4, 0.5) is 0 Å². The van der Waals surface area contributed by atoms with Gasteiger partial charge in [-0.2, -0.15) is 0 Å². The summed E-state index contributed by atoms with van der Waals surface area (Å²) in [6.45, 7) is 0. The van der Waals surface area contributed by atoms with Gasteiger partial charge in [0.05, 0.1) is 0 Å². The highest BCUT2D eigenvalue weighted by atomic mass is 32.1. The van der Waals surface area contributed by atoms with Crippen LogP contribution in [0.25, 0.3) is 20.9 Å². The number of hydrogen-bond acceptors (Lipinski definition) is 3. The van der Waals surface area contributed by atoms with Crippen LogP contribution in [-0.2, 0) is 0 Å². The third-order valence-electron chi connectivity index (χ3n) is 2.95. The molecule has 0 aliphatic heterocycles. The van der Waals surface area contributed by atoms with Gasteiger partial charge in [0.15, 0.2) is 0 Å². The molecule has 3 aromatic rings. The van der Waals surface area contributed by atoms with Crippen LogP contribution >= 0.6 is 11.3 Å². The summed E-state index contributed by atoms with van der Waals surface area (Å²) in [6, 6.07) is 18.4. The molecule has 0 saturated carbocycles. The highest BCUT2D eigenvalue weighted by Gasteiger charge is 2.10. The van der Waals surface area contributed by atoms with E-state index in [1.165, 1.54) is 0 Å². The molecule has 0 saturated heterocycles. The maximum absolute atomic E-state index is 9.86. The first-order chi connectivity index (χ1) is 9.25. The molecule has 2 N–H and O–H groups in total. The zero-order valence-corrected chi connectivity index (χ0v) is 10.9. The lowest BCUT2D eigenvalue weighted by Gasteiger charge is -2.01. The normalized spacial score (nSPS) is 10.5. The van der Waals surface area contributed by atoms with E-state index in [0.717, 1.165) is 20.9 Å². The first-order valence-electron chi connectivity index (χ1n) is 5.92. The lowest BCUT2D eigenvalue weighted by Crippen LogP contribution is -1.73. The highest BCUT2D eigenvalue weighted by molar-refractivity contribution is 7.18. The van der Waals surface area contributed by atoms with Crippen molar-refractivity contribution in [1.82, 2.24) is 0 Å². The second kappa shape index (κ2) is 4.78. The first kappa shape index (κ1) is 11.8. The Morgan fingerprint density at radius 2 is 1.00 bits per heavy atom. The topological polar surface area (TPSA) is 40.5 Å². The minimum atomic E-state index is 0.271. The van der Waals surface area contributed by atoms with Crippen molar-refractivity contribution in [3.8, 4) is 32.4 Å². The van der Waals surface area contributed by atoms with E-state index < -0.39 is 0 Å². The van der Waals surface area contributed by atoms with E-state index in [4.69, 9.17) is 0 Å². The minimum absolute atomic E-state index is 0.271. The molecule has 19 heavy (non-hydrogen) atoms. The Balaban J connectivity index is 2.06. The zero-order valence-electron chi connectivity index (χ0n) is 10.1. The predicted octanol–water partition coefficient (Wildman–Crippen LogP) is 4.49. The number of hydrogen-bond donors (Lipinski definition) is 2. The molecule has 0 fully saturated rings. The molecule has 0 atom stereocenters. The van der Waals surface area contributed by atoms with Gasteiger partial charge >= 0.3 is 0 Å². The van der Waals surface area contributed by atoms with E-state index in [0.29, 0.717) is 0 Å². The third kappa shape index (κ3) is 2.20. The van der Waals surface area contributed by atoms with Gasteiger partial charge in [-0.05, 0) is 36.4 Å². The van der Waals surface area contributed by atoms with Crippen LogP contribution in [0.15, 0.2) is 60.7 Å². The molecule has 1 aromatic heterocycles. The van der Waals surface area contributed by atoms with Crippen molar-refractivity contribution in [3.63, 3.8) is 0 Å². The van der Waals surface area contributed by atoms with Crippen molar-refractivity contribution in [2.45, 2.75) is 0 Å². The van der Waals surface area contributed by atoms with Gasteiger partial charge in [0.2, 0.25) is 0 Å². The summed E-state index contributed by atoms with van der Waals surface area (Å²) < 4.78 is 0. The van der Waals surface area contributed by atoms with Crippen molar-refractivity contribution in [2.24, 2.45) is 0 Å². The van der Waals surface area contributed by atoms with Crippen molar-refractivity contribution in [1.29, 1.82) is 0 Å². The van der Waals surface area contributed by atoms with E-state index in [2.05, 4.69) is 0 Å². The smallest absolute Gasteiger partial charge is 0.124 e. The number of phenols is 2. The van der Waals surface area contributed by atoms with Crippen LogP contribution < -0.4 is 0 Å². The van der Waals surface area contributed by atoms with Crippen LogP contribution in [0.5, 0.6) is 11.5 Å². The molecule has 2 nitrogen and oxygen atoms in total. The lowest BCUT2D eigenvalue weighted by molar-refractivity contribution is 0.477. The van der Waals surface area contributed by atoms with Gasteiger partial charge in [0.1, 0.15) is 11.5 Å². The van der Waals surface area contributed by atoms with Crippen LogP contribution in [0.2, 0.25) is 0 Å². The Bertz CT molecular complexity index is 656. The van der Waals surface area contributed by atoms with Crippen LogP contribution in [-0.4, -0.2) is 10.2 Å². The molecule has 0 aliphatic rings. The van der Waals surface area contributed by atoms with Crippen molar-refractivity contribution in [2.75, 3.05) is 0 Å². The summed E-state index contributed by atoms with van der Waals surface area (Å²) in [5, 5.41) is 19.7. The fraction of sp³-hybridized carbons (Fsp3) is 0. The van der Waals surface area contributed by atoms with Crippen LogP contribution in [0.1, 0.15) is 0 Å². The van der Waals surface area contributed by atoms with Crippen LogP contribution in [0, 0.1) is 0 Å². The molecule has 0 amide bonds. The van der Waals surface area contributed by atoms with Crippen molar-refractivity contribution in [3.05, 3.63) is 60.7 Å². The highest BCUT2D eigenvalue weighted by Crippen LogP contribution is 2.40. The molecular weight excluding hydrogens is 256 g/mol. The van der Waals surface area contributed by atoms with Crippen molar-refractivity contribution < 1.29 is 10.2 Å². The Morgan fingerprint density at radius 1 is 0.579 bits per heavy atom. The molecule has 0 bridgehead atoms. The molecule has 0 unspecified atom stereocenters. The van der Waals surface area contributed by atoms with Gasteiger partial charge in [0, 0.05) is 20.9 Å². The molecule has 1 heterocycles. The quantitative estimate of drug-likeness (QED) is 0.718. The van der Waals surface area contributed by atoms with E-state index in [-0.39, 0.29) is 11.5 Å². The Labute approximate surface area is 115 Å². The molecule has 2 aromatic carbocycles. The van der Waals surface area contributed by atoms with E-state index in [1.807, 2.05) is 36.4 Å². The van der Waals surface area contributed by atoms with Crippen LogP contribution in [0.3, 0.4) is 0 Å². The molecular formula is C16H12O2S. The van der Waals surface area contributed by atoms with Gasteiger partial charge in [0.25, 0.3) is 0 Å². The maximum atomic E-state index is 9.86. The Hall–Kier alpha value is -2.26. The molecule has 3 heteroatoms. The second-order valence-electron chi connectivity index (χ2n) is 4.20. The van der Waals surface area contributed by atoms with Gasteiger partial charge in [-0.3, -0.25) is 0 Å². The zero-order chi connectivity index (χ0) is 13.2. The number of rotatable bonds is 2. The predicted molar refractivity (Wildman–Crippen MR) is 78.5 cm³/mol. The Morgan fingerprint density at radius 3 is 1.42 bits per heavy atom. The molecule has 0 spiro atoms. The fourth-order valence-electron chi connectivity index (χ4n) is 1.99. The summed E-state index contributed by atoms with van der Waals surface area (Å²) in [5.41, 5.74) is 1.63. The maximum Gasteiger partial charge on any atom is 0.124 e. The van der Waals surface area contributed by atoms with Crippen molar-refractivity contribution >= 4 is 11.3 Å². The molecule has 3 rings (SSSR count). The third-order valence-corrected chi connectivity index (χ3v) is 4.10. The average Bonchev–Trinajstić information content (AvgIpc) is 2.89. The summed E-state index contributed by atoms with van der Waals surface area (Å²) in [4.78, 5) is 1.97. The largest absolute Gasteiger partial charge is 0.507 e. The average molecular weight is 268 g/mol. The number of para-hydroxylation sites is 2. The summed E-state index contributed by atoms with van der Waals surface area (Å²) >= 11 is 1.55. The number of phenolic OH excluding ortho intramolecular Hbond substituents is 2. The summed E-state index contributed by atoms with van der Waals surface area (Å²) in [6.07, 6.45) is 0. The number of thiophene rings is 1. The SMILES string of the molecule is Oc1ccccc1-c1ccc(-c2ccccc2O)s1. The summed E-state index contributed by atoms with van der Waals surface area (Å²) in [7, 11) is 0. The van der Waals surface area contributed by atoms with E-state index in [9.17, 15) is 10.2 Å².